The molecule has 4 heterocycles. The maximum atomic E-state index is 9.47. The number of fused-ring (bicyclic) bond motifs is 4. The quantitative estimate of drug-likeness (QED) is 0.0181. The predicted molar refractivity (Wildman–Crippen MR) is 580 cm³/mol. The van der Waals surface area contributed by atoms with E-state index in [9.17, 15) is 30.6 Å². The molecule has 0 saturated carbocycles. The van der Waals surface area contributed by atoms with Crippen molar-refractivity contribution in [2.45, 2.75) is 271 Å². The zero-order chi connectivity index (χ0) is 99.4. The first-order valence-electron chi connectivity index (χ1n) is 47.2. The summed E-state index contributed by atoms with van der Waals surface area (Å²) in [5.41, 5.74) is 22.4. The van der Waals surface area contributed by atoms with Gasteiger partial charge in [0, 0.05) is 99.2 Å². The van der Waals surface area contributed by atoms with E-state index < -0.39 is 77.5 Å². The molecule has 12 rings (SSSR count). The molecule has 8 aromatic carbocycles. The summed E-state index contributed by atoms with van der Waals surface area (Å²) in [6, 6.07) is 74.8. The molecule has 4 radical (unpaired) electrons. The van der Waals surface area contributed by atoms with E-state index in [0.29, 0.717) is 60.9 Å². The number of benzene rings is 8. The molecule has 0 amide bonds. The number of hydrogen-bond acceptors (Lipinski definition) is 12. The standard InChI is InChI=1S/4C20H22GeN.2C11H22O2.C9H18O2.C5H10O2.4Ir/c1-14-10-15(2)12-17(11-14)20-8-6-16-13-18(21(3,4)5)7-9-19(16)22-20;3*1-14-11-15(2)13-16(12-14)19-10-9-17-18(21(3,4)5)7-6-8-20(17)22-19;2*1-8(2)5-10(12)7-11(13)6-9(3)4;1-6(2)8(10)5-9(11)7(3)4;1-4(6)3-5(2)7;;;;/h6-11,13H,1-5H3;3*6-12H,1-5H3;2*7-10,12-13H,5-6H2,1-4H3;5-8,10-11H,1-4H3;3-4,6-7H,1-2H3;;;;/q4*-1;;;;;;;;. The van der Waals surface area contributed by atoms with Gasteiger partial charge in [-0.1, -0.05) is 83.1 Å². The second kappa shape index (κ2) is 59.9. The van der Waals surface area contributed by atoms with Crippen molar-refractivity contribution in [3.05, 3.63) is 286 Å². The molecule has 136 heavy (non-hydrogen) atoms. The fraction of sp³-hybridized carbons (Fsp3) is 0.414. The van der Waals surface area contributed by atoms with Crippen LogP contribution in [0.15, 0.2) is 217 Å². The molecule has 12 nitrogen and oxygen atoms in total. The van der Waals surface area contributed by atoms with Gasteiger partial charge in [-0.15, -0.1) is 0 Å². The summed E-state index contributed by atoms with van der Waals surface area (Å²) in [5, 5.41) is 78.4. The maximum absolute atomic E-state index is 9.47. The molecule has 4 unspecified atom stereocenters. The van der Waals surface area contributed by atoms with Crippen molar-refractivity contribution >= 4 is 114 Å². The minimum absolute atomic E-state index is 0. The average Bonchev–Trinajstić information content (AvgIpc) is 0.764. The van der Waals surface area contributed by atoms with Crippen molar-refractivity contribution in [2.75, 3.05) is 0 Å². The summed E-state index contributed by atoms with van der Waals surface area (Å²) in [6.45, 7) is 43.9. The monoisotopic (exact) mass is 2800 g/mol. The summed E-state index contributed by atoms with van der Waals surface area (Å²) in [4.78, 5) is 19.5. The molecule has 0 spiro atoms. The number of aromatic nitrogens is 4. The SMILES string of the molecule is CC(C)C(O)=CC(O)C(C)C.CC(C)CC(O)=CC(O)CC(C)C.CC(C)CC(O)=CC(O)CC(C)C.CC(O)=CC(C)O.Cc1[c-]c(-c2ccc3[c]([Ge]([CH3])([CH3])[CH3])cccc3n2)cc(C)c1.Cc1[c-]c(-c2ccc3[c]([Ge]([CH3])([CH3])[CH3])cccc3n2)cc(C)c1.Cc1[c-]c(-c2ccc3[c]([Ge]([CH3])([CH3])[CH3])cccc3n2)cc(C)c1.Cc1[c-]c(-c2ccc3c[c]([Ge]([CH3])([CH3])[CH3])ccc3n2)cc(C)c1.[Ir].[Ir].[Ir].[Ir]. The Kier molecular flexibility index (Phi) is 56.5. The largest absolute Gasteiger partial charge is 0 e. The van der Waals surface area contributed by atoms with E-state index in [2.05, 4.69) is 346 Å². The van der Waals surface area contributed by atoms with E-state index in [1.54, 1.807) is 19.1 Å². The van der Waals surface area contributed by atoms with Gasteiger partial charge < -0.3 is 40.9 Å². The number of aliphatic hydroxyl groups is 8. The van der Waals surface area contributed by atoms with Crippen LogP contribution in [0, 0.1) is 115 Å². The molecule has 20 heteroatoms. The second-order valence-corrected chi connectivity index (χ2v) is 84.6. The zero-order valence-electron chi connectivity index (χ0n) is 87.8. The van der Waals surface area contributed by atoms with Crippen LogP contribution in [0.3, 0.4) is 0 Å². The van der Waals surface area contributed by atoms with Crippen molar-refractivity contribution in [1.82, 2.24) is 19.9 Å². The number of pyridine rings is 4. The van der Waals surface area contributed by atoms with Crippen LogP contribution in [0.1, 0.15) is 167 Å². The number of aryl methyl sites for hydroxylation is 8. The molecule has 4 atom stereocenters. The third-order valence-corrected chi connectivity index (χ3v) is 38.6. The molecular formula is C116H160Ge4Ir4N4O8-4. The maximum Gasteiger partial charge on any atom is 0 e. The van der Waals surface area contributed by atoms with Crippen LogP contribution in [0.25, 0.3) is 88.6 Å². The van der Waals surface area contributed by atoms with Gasteiger partial charge in [0.15, 0.2) is 0 Å². The van der Waals surface area contributed by atoms with E-state index in [0.717, 1.165) is 89.4 Å². The predicted octanol–water partition coefficient (Wildman–Crippen LogP) is 28.1. The van der Waals surface area contributed by atoms with Crippen LogP contribution in [-0.2, 0) is 80.4 Å². The van der Waals surface area contributed by atoms with Crippen LogP contribution < -0.4 is 17.6 Å². The summed E-state index contributed by atoms with van der Waals surface area (Å²) < 4.78 is 6.11. The number of nitrogens with zero attached hydrogens (tertiary/aromatic N) is 4. The number of aliphatic hydroxyl groups excluding tert-OH is 8. The van der Waals surface area contributed by atoms with Crippen LogP contribution in [-0.4, -0.2) is 138 Å². The topological polar surface area (TPSA) is 213 Å². The van der Waals surface area contributed by atoms with E-state index in [-0.39, 0.29) is 104 Å². The Morgan fingerprint density at radius 3 is 0.860 bits per heavy atom. The molecular weight excluding hydrogens is 2640 g/mol. The third kappa shape index (κ3) is 45.6. The first-order valence-corrected chi connectivity index (χ1v) is 76.6. The molecule has 0 fully saturated rings. The molecule has 748 valence electrons. The Balaban J connectivity index is 0.000000791. The summed E-state index contributed by atoms with van der Waals surface area (Å²) in [6.07, 6.45) is 6.63. The van der Waals surface area contributed by atoms with E-state index in [1.165, 1.54) is 80.5 Å². The summed E-state index contributed by atoms with van der Waals surface area (Å²) >= 11 is -7.41. The van der Waals surface area contributed by atoms with Gasteiger partial charge in [0.05, 0.1) is 47.5 Å². The van der Waals surface area contributed by atoms with Crippen molar-refractivity contribution in [3.8, 4) is 45.0 Å². The van der Waals surface area contributed by atoms with Crippen LogP contribution in [0.2, 0.25) is 69.1 Å². The minimum atomic E-state index is -1.88. The van der Waals surface area contributed by atoms with E-state index in [1.807, 2.05) is 55.4 Å². The van der Waals surface area contributed by atoms with Gasteiger partial charge in [0.1, 0.15) is 0 Å². The minimum Gasteiger partial charge on any atom is 0 e. The molecule has 0 aliphatic heterocycles. The Morgan fingerprint density at radius 2 is 0.625 bits per heavy atom. The average molecular weight is 2800 g/mol. The molecule has 12 aromatic rings. The first-order chi connectivity index (χ1) is 61.3. The third-order valence-electron chi connectivity index (χ3n) is 21.4. The summed E-state index contributed by atoms with van der Waals surface area (Å²) in [5.74, 6) is 32.2. The first kappa shape index (κ1) is 128. The summed E-state index contributed by atoms with van der Waals surface area (Å²) in [7, 11) is 0. The van der Waals surface area contributed by atoms with Crippen LogP contribution in [0.5, 0.6) is 0 Å². The van der Waals surface area contributed by atoms with E-state index >= 15 is 0 Å². The molecule has 4 aromatic heterocycles. The van der Waals surface area contributed by atoms with Gasteiger partial charge in [0.25, 0.3) is 0 Å². The molecule has 0 saturated heterocycles. The number of allylic oxidation sites excluding steroid dienone is 4. The molecule has 0 bridgehead atoms. The van der Waals surface area contributed by atoms with Crippen LogP contribution in [0.4, 0.5) is 0 Å². The van der Waals surface area contributed by atoms with Crippen molar-refractivity contribution < 1.29 is 121 Å². The normalized spacial score (nSPS) is 12.8. The Morgan fingerprint density at radius 1 is 0.331 bits per heavy atom. The Bertz CT molecular complexity index is 5390. The van der Waals surface area contributed by atoms with Gasteiger partial charge in [-0.25, -0.2) is 0 Å². The fourth-order valence-electron chi connectivity index (χ4n) is 15.2. The fourth-order valence-corrected chi connectivity index (χ4v) is 27.8. The number of rotatable bonds is 22. The van der Waals surface area contributed by atoms with E-state index in [4.69, 9.17) is 30.1 Å². The van der Waals surface area contributed by atoms with Gasteiger partial charge in [0.2, 0.25) is 0 Å². The van der Waals surface area contributed by atoms with Crippen molar-refractivity contribution in [2.24, 2.45) is 35.5 Å². The molecule has 0 aliphatic rings. The molecule has 0 aliphatic carbocycles. The molecule has 8 N–H and O–H groups in total. The van der Waals surface area contributed by atoms with Crippen molar-refractivity contribution in [1.29, 1.82) is 0 Å². The van der Waals surface area contributed by atoms with Gasteiger partial charge in [-0.2, -0.15) is 0 Å². The van der Waals surface area contributed by atoms with Gasteiger partial charge in [-0.05, 0) is 80.6 Å². The van der Waals surface area contributed by atoms with Gasteiger partial charge >= 0.3 is 542 Å². The Hall–Kier alpha value is -5.83. The zero-order valence-corrected chi connectivity index (χ0v) is 106. The number of hydrogen-bond donors (Lipinski definition) is 8. The Labute approximate surface area is 884 Å². The van der Waals surface area contributed by atoms with Crippen molar-refractivity contribution in [3.63, 3.8) is 0 Å². The second-order valence-electron chi connectivity index (χ2n) is 42.3. The van der Waals surface area contributed by atoms with Gasteiger partial charge in [-0.3, -0.25) is 0 Å². The van der Waals surface area contributed by atoms with Crippen LogP contribution >= 0.6 is 0 Å². The smallest absolute Gasteiger partial charge is 0 e.